The molecule has 1 nitrogen and oxygen atoms in total. The lowest BCUT2D eigenvalue weighted by Crippen LogP contribution is -2.33. The predicted molar refractivity (Wildman–Crippen MR) is 111 cm³/mol. The third-order valence-corrected chi connectivity index (χ3v) is 8.83. The van der Waals surface area contributed by atoms with Crippen LogP contribution >= 0.6 is 0 Å². The number of hydrogen-bond acceptors (Lipinski definition) is 1. The number of rotatable bonds is 0. The number of phenolic OH excluding ortho intramolecular Hbond substituents is 1. The average molecular weight is 354 g/mol. The summed E-state index contributed by atoms with van der Waals surface area (Å²) in [5.74, 6) is 2.22. The van der Waals surface area contributed by atoms with E-state index < -0.39 is 0 Å². The summed E-state index contributed by atoms with van der Waals surface area (Å²) in [5.41, 5.74) is 6.26. The molecular formula is C26H26O. The van der Waals surface area contributed by atoms with E-state index >= 15 is 0 Å². The molecule has 0 spiro atoms. The normalized spacial score (nSPS) is 32.2. The molecule has 3 aromatic rings. The van der Waals surface area contributed by atoms with E-state index in [9.17, 15) is 5.11 Å². The van der Waals surface area contributed by atoms with Gasteiger partial charge in [-0.3, -0.25) is 0 Å². The van der Waals surface area contributed by atoms with Crippen molar-refractivity contribution in [3.05, 3.63) is 65.7 Å². The highest BCUT2D eigenvalue weighted by molar-refractivity contribution is 6.03. The fourth-order valence-electron chi connectivity index (χ4n) is 7.25. The van der Waals surface area contributed by atoms with E-state index in [1.807, 2.05) is 12.1 Å². The minimum atomic E-state index is 0.277. The number of fused-ring (bicyclic) bond motifs is 12. The van der Waals surface area contributed by atoms with E-state index in [4.69, 9.17) is 0 Å². The van der Waals surface area contributed by atoms with Crippen molar-refractivity contribution in [2.45, 2.75) is 45.4 Å². The van der Waals surface area contributed by atoms with Crippen LogP contribution in [-0.2, 0) is 0 Å². The molecule has 136 valence electrons. The van der Waals surface area contributed by atoms with Crippen LogP contribution in [0.4, 0.5) is 0 Å². The first-order valence-corrected chi connectivity index (χ1v) is 10.3. The first-order valence-electron chi connectivity index (χ1n) is 10.3. The van der Waals surface area contributed by atoms with Crippen LogP contribution in [0.3, 0.4) is 0 Å². The van der Waals surface area contributed by atoms with Gasteiger partial charge in [0.1, 0.15) is 5.75 Å². The standard InChI is InChI=1S/C26H26O/c1-25(2)20-12-13-26(25,3)24-19-14-21(27)15-8-4-5-9-16(15)22(19)17-10-6-7-11-18(17)23(20)24/h4-11,14,20,23-24,27H,12-13H2,1-3H3. The zero-order valence-electron chi connectivity index (χ0n) is 16.3. The summed E-state index contributed by atoms with van der Waals surface area (Å²) in [6.07, 6.45) is 2.62. The summed E-state index contributed by atoms with van der Waals surface area (Å²) in [6.45, 7) is 7.50. The van der Waals surface area contributed by atoms with Crippen LogP contribution in [-0.4, -0.2) is 5.11 Å². The molecule has 0 radical (unpaired) electrons. The lowest BCUT2D eigenvalue weighted by atomic mass is 9.59. The first-order chi connectivity index (χ1) is 12.9. The van der Waals surface area contributed by atoms with Gasteiger partial charge in [-0.05, 0) is 75.1 Å². The fourth-order valence-corrected chi connectivity index (χ4v) is 7.25. The molecule has 2 bridgehead atoms. The Morgan fingerprint density at radius 3 is 2.41 bits per heavy atom. The van der Waals surface area contributed by atoms with Crippen LogP contribution in [0, 0.1) is 16.7 Å². The zero-order chi connectivity index (χ0) is 18.6. The highest BCUT2D eigenvalue weighted by atomic mass is 16.3. The predicted octanol–water partition coefficient (Wildman–Crippen LogP) is 6.85. The second-order valence-corrected chi connectivity index (χ2v) is 9.78. The molecular weight excluding hydrogens is 328 g/mol. The molecule has 0 saturated heterocycles. The summed E-state index contributed by atoms with van der Waals surface area (Å²) in [5, 5.41) is 13.0. The summed E-state index contributed by atoms with van der Waals surface area (Å²) in [4.78, 5) is 0. The molecule has 3 aliphatic rings. The fraction of sp³-hybridized carbons (Fsp3) is 0.385. The van der Waals surface area contributed by atoms with Crippen molar-refractivity contribution in [2.75, 3.05) is 0 Å². The highest BCUT2D eigenvalue weighted by Gasteiger charge is 2.67. The Morgan fingerprint density at radius 1 is 0.889 bits per heavy atom. The second-order valence-electron chi connectivity index (χ2n) is 9.78. The van der Waals surface area contributed by atoms with Gasteiger partial charge in [0.15, 0.2) is 0 Å². The van der Waals surface area contributed by atoms with Crippen LogP contribution in [0.5, 0.6) is 5.75 Å². The number of aromatic hydroxyl groups is 1. The third kappa shape index (κ3) is 1.64. The number of phenols is 1. The Hall–Kier alpha value is -2.28. The van der Waals surface area contributed by atoms with Gasteiger partial charge in [0, 0.05) is 5.39 Å². The summed E-state index contributed by atoms with van der Waals surface area (Å²) < 4.78 is 0. The van der Waals surface area contributed by atoms with Gasteiger partial charge in [-0.15, -0.1) is 0 Å². The molecule has 1 heteroatoms. The Bertz CT molecular complexity index is 1110. The van der Waals surface area contributed by atoms with Gasteiger partial charge in [-0.25, -0.2) is 0 Å². The van der Waals surface area contributed by atoms with Crippen molar-refractivity contribution in [1.82, 2.24) is 0 Å². The lowest BCUT2D eigenvalue weighted by molar-refractivity contribution is 0.134. The smallest absolute Gasteiger partial charge is 0.123 e. The van der Waals surface area contributed by atoms with Gasteiger partial charge in [0.25, 0.3) is 0 Å². The second kappa shape index (κ2) is 4.76. The Labute approximate surface area is 161 Å². The van der Waals surface area contributed by atoms with E-state index in [1.165, 1.54) is 40.5 Å². The van der Waals surface area contributed by atoms with Gasteiger partial charge in [0.05, 0.1) is 0 Å². The van der Waals surface area contributed by atoms with Crippen LogP contribution in [0.25, 0.3) is 21.9 Å². The maximum atomic E-state index is 10.9. The molecule has 3 aliphatic carbocycles. The molecule has 3 aromatic carbocycles. The van der Waals surface area contributed by atoms with Crippen LogP contribution in [0.15, 0.2) is 54.6 Å². The van der Waals surface area contributed by atoms with E-state index in [-0.39, 0.29) is 5.41 Å². The summed E-state index contributed by atoms with van der Waals surface area (Å²) in [7, 11) is 0. The van der Waals surface area contributed by atoms with Crippen molar-refractivity contribution in [2.24, 2.45) is 16.7 Å². The van der Waals surface area contributed by atoms with Crippen molar-refractivity contribution < 1.29 is 5.11 Å². The third-order valence-electron chi connectivity index (χ3n) is 8.83. The van der Waals surface area contributed by atoms with Crippen LogP contribution in [0.2, 0.25) is 0 Å². The molecule has 2 fully saturated rings. The van der Waals surface area contributed by atoms with Crippen molar-refractivity contribution in [3.63, 3.8) is 0 Å². The van der Waals surface area contributed by atoms with Gasteiger partial charge >= 0.3 is 0 Å². The topological polar surface area (TPSA) is 20.2 Å². The maximum absolute atomic E-state index is 10.9. The van der Waals surface area contributed by atoms with E-state index in [0.29, 0.717) is 23.0 Å². The Morgan fingerprint density at radius 2 is 1.59 bits per heavy atom. The molecule has 6 rings (SSSR count). The van der Waals surface area contributed by atoms with Crippen LogP contribution < -0.4 is 0 Å². The van der Waals surface area contributed by atoms with E-state index in [0.717, 1.165) is 11.3 Å². The summed E-state index contributed by atoms with van der Waals surface area (Å²) in [6, 6.07) is 19.5. The zero-order valence-corrected chi connectivity index (χ0v) is 16.3. The highest BCUT2D eigenvalue weighted by Crippen LogP contribution is 2.78. The van der Waals surface area contributed by atoms with E-state index in [1.54, 1.807) is 0 Å². The van der Waals surface area contributed by atoms with Gasteiger partial charge in [-0.1, -0.05) is 69.3 Å². The molecule has 0 amide bonds. The van der Waals surface area contributed by atoms with Gasteiger partial charge < -0.3 is 5.11 Å². The maximum Gasteiger partial charge on any atom is 0.123 e. The minimum Gasteiger partial charge on any atom is -0.507 e. The molecule has 0 heterocycles. The van der Waals surface area contributed by atoms with Crippen molar-refractivity contribution >= 4 is 10.8 Å². The molecule has 27 heavy (non-hydrogen) atoms. The van der Waals surface area contributed by atoms with Crippen LogP contribution in [0.1, 0.15) is 56.6 Å². The SMILES string of the molecule is CC1(C)C2CCC1(C)C1c3cc(O)c4ccccc4c3-c3ccccc3C21. The monoisotopic (exact) mass is 354 g/mol. The minimum absolute atomic E-state index is 0.277. The Balaban J connectivity index is 1.78. The molecule has 1 N–H and O–H groups in total. The Kier molecular flexibility index (Phi) is 2.78. The van der Waals surface area contributed by atoms with Crippen molar-refractivity contribution in [3.8, 4) is 16.9 Å². The largest absolute Gasteiger partial charge is 0.507 e. The van der Waals surface area contributed by atoms with Gasteiger partial charge in [-0.2, -0.15) is 0 Å². The van der Waals surface area contributed by atoms with Gasteiger partial charge in [0.2, 0.25) is 0 Å². The van der Waals surface area contributed by atoms with Crippen molar-refractivity contribution in [1.29, 1.82) is 0 Å². The number of benzene rings is 3. The molecule has 4 unspecified atom stereocenters. The van der Waals surface area contributed by atoms with E-state index in [2.05, 4.69) is 63.2 Å². The first kappa shape index (κ1) is 15.7. The lowest BCUT2D eigenvalue weighted by Gasteiger charge is -2.44. The quantitative estimate of drug-likeness (QED) is 0.468. The molecule has 4 atom stereocenters. The molecule has 0 aromatic heterocycles. The summed E-state index contributed by atoms with van der Waals surface area (Å²) >= 11 is 0. The number of hydrogen-bond donors (Lipinski definition) is 1. The molecule has 0 aliphatic heterocycles. The average Bonchev–Trinajstić information content (AvgIpc) is 3.00. The molecule has 2 saturated carbocycles.